The summed E-state index contributed by atoms with van der Waals surface area (Å²) in [6.07, 6.45) is 0. The molecule has 0 unspecified atom stereocenters. The minimum atomic E-state index is -0.0262. The van der Waals surface area contributed by atoms with Gasteiger partial charge < -0.3 is 10.5 Å². The van der Waals surface area contributed by atoms with E-state index >= 15 is 0 Å². The van der Waals surface area contributed by atoms with Crippen molar-refractivity contribution in [3.63, 3.8) is 0 Å². The number of hydrazine groups is 1. The summed E-state index contributed by atoms with van der Waals surface area (Å²) < 4.78 is 5.92. The van der Waals surface area contributed by atoms with Gasteiger partial charge in [0.05, 0.1) is 17.8 Å². The number of hydrazone groups is 1. The first kappa shape index (κ1) is 22.0. The van der Waals surface area contributed by atoms with Crippen molar-refractivity contribution in [3.05, 3.63) is 107 Å². The summed E-state index contributed by atoms with van der Waals surface area (Å²) in [6, 6.07) is 26.5. The van der Waals surface area contributed by atoms with Crippen molar-refractivity contribution >= 4 is 22.5 Å². The van der Waals surface area contributed by atoms with Gasteiger partial charge in [0, 0.05) is 16.5 Å². The van der Waals surface area contributed by atoms with Gasteiger partial charge in [-0.25, -0.2) is 15.9 Å². The number of benzene rings is 3. The van der Waals surface area contributed by atoms with Gasteiger partial charge >= 0.3 is 0 Å². The Hall–Kier alpha value is -4.23. The summed E-state index contributed by atoms with van der Waals surface area (Å²) in [7, 11) is 0. The average molecular weight is 440 g/mol. The van der Waals surface area contributed by atoms with E-state index in [1.807, 2.05) is 72.8 Å². The van der Waals surface area contributed by atoms with Gasteiger partial charge in [0.1, 0.15) is 12.4 Å². The van der Waals surface area contributed by atoms with E-state index in [0.29, 0.717) is 23.5 Å². The second kappa shape index (κ2) is 9.93. The summed E-state index contributed by atoms with van der Waals surface area (Å²) >= 11 is 0. The van der Waals surface area contributed by atoms with Crippen molar-refractivity contribution in [1.29, 1.82) is 0 Å². The monoisotopic (exact) mass is 439 g/mol. The van der Waals surface area contributed by atoms with Crippen molar-refractivity contribution in [2.75, 3.05) is 0 Å². The molecule has 4 N–H and O–H groups in total. The number of carbonyl (C=O) groups is 1. The molecule has 1 heterocycles. The Morgan fingerprint density at radius 3 is 2.64 bits per heavy atom. The number of nitrogens with zero attached hydrogens (tertiary/aromatic N) is 3. The molecule has 166 valence electrons. The van der Waals surface area contributed by atoms with Crippen LogP contribution >= 0.6 is 0 Å². The Kier molecular flexibility index (Phi) is 6.61. The Labute approximate surface area is 192 Å². The highest BCUT2D eigenvalue weighted by Crippen LogP contribution is 2.17. The van der Waals surface area contributed by atoms with Crippen LogP contribution in [-0.2, 0) is 13.2 Å². The van der Waals surface area contributed by atoms with Crippen LogP contribution in [0.4, 0.5) is 0 Å². The first-order valence-electron chi connectivity index (χ1n) is 10.5. The van der Waals surface area contributed by atoms with Gasteiger partial charge in [0.25, 0.3) is 0 Å². The molecule has 0 aliphatic heterocycles. The number of aromatic nitrogens is 1. The Bertz CT molecular complexity index is 1320. The highest BCUT2D eigenvalue weighted by Gasteiger charge is 2.09. The first-order valence-corrected chi connectivity index (χ1v) is 10.5. The van der Waals surface area contributed by atoms with E-state index in [4.69, 9.17) is 16.3 Å². The van der Waals surface area contributed by atoms with Gasteiger partial charge in [-0.2, -0.15) is 0 Å². The highest BCUT2D eigenvalue weighted by molar-refractivity contribution is 5.97. The molecule has 0 bridgehead atoms. The third-order valence-electron chi connectivity index (χ3n) is 5.14. The number of ketones is 1. The molecule has 4 rings (SSSR count). The molecule has 0 aliphatic carbocycles. The van der Waals surface area contributed by atoms with E-state index in [0.717, 1.165) is 22.2 Å². The molecular formula is C26H25N5O2. The molecule has 0 radical (unpaired) electrons. The normalized spacial score (nSPS) is 11.4. The van der Waals surface area contributed by atoms with E-state index in [2.05, 4.69) is 10.1 Å². The van der Waals surface area contributed by atoms with Crippen molar-refractivity contribution in [2.45, 2.75) is 20.1 Å². The van der Waals surface area contributed by atoms with Crippen molar-refractivity contribution < 1.29 is 9.53 Å². The second-order valence-electron chi connectivity index (χ2n) is 7.61. The van der Waals surface area contributed by atoms with Crippen molar-refractivity contribution in [2.24, 2.45) is 16.7 Å². The lowest BCUT2D eigenvalue weighted by atomic mass is 10.0. The van der Waals surface area contributed by atoms with Crippen LogP contribution in [0.15, 0.2) is 90.0 Å². The van der Waals surface area contributed by atoms with Crippen molar-refractivity contribution in [1.82, 2.24) is 10.1 Å². The zero-order valence-electron chi connectivity index (χ0n) is 18.3. The lowest BCUT2D eigenvalue weighted by Crippen LogP contribution is -2.29. The molecule has 0 spiro atoms. The maximum absolute atomic E-state index is 11.8. The van der Waals surface area contributed by atoms with Gasteiger partial charge in [-0.05, 0) is 36.8 Å². The van der Waals surface area contributed by atoms with E-state index in [-0.39, 0.29) is 18.2 Å². The summed E-state index contributed by atoms with van der Waals surface area (Å²) in [5.41, 5.74) is 10.0. The molecule has 0 saturated carbocycles. The summed E-state index contributed by atoms with van der Waals surface area (Å²) in [5, 5.41) is 6.58. The third-order valence-corrected chi connectivity index (χ3v) is 5.14. The van der Waals surface area contributed by atoms with Crippen LogP contribution in [0.2, 0.25) is 0 Å². The number of ether oxygens (including phenoxy) is 1. The van der Waals surface area contributed by atoms with Crippen LogP contribution in [-0.4, -0.2) is 21.7 Å². The Balaban J connectivity index is 1.44. The van der Waals surface area contributed by atoms with E-state index < -0.39 is 0 Å². The van der Waals surface area contributed by atoms with Gasteiger partial charge in [-0.1, -0.05) is 60.7 Å². The van der Waals surface area contributed by atoms with Crippen LogP contribution in [0.5, 0.6) is 5.75 Å². The molecule has 0 fully saturated rings. The van der Waals surface area contributed by atoms with Crippen LogP contribution < -0.4 is 16.3 Å². The molecule has 0 aliphatic rings. The molecule has 33 heavy (non-hydrogen) atoms. The second-order valence-corrected chi connectivity index (χ2v) is 7.61. The smallest absolute Gasteiger partial charge is 0.160 e. The fourth-order valence-corrected chi connectivity index (χ4v) is 3.50. The Morgan fingerprint density at radius 2 is 1.79 bits per heavy atom. The summed E-state index contributed by atoms with van der Waals surface area (Å²) in [6.45, 7) is 2.10. The number of para-hydroxylation sites is 1. The van der Waals surface area contributed by atoms with Gasteiger partial charge in [-0.15, -0.1) is 5.10 Å². The van der Waals surface area contributed by atoms with Crippen molar-refractivity contribution in [3.8, 4) is 5.75 Å². The highest BCUT2D eigenvalue weighted by atomic mass is 16.5. The zero-order chi connectivity index (χ0) is 23.2. The fourth-order valence-electron chi connectivity index (χ4n) is 3.50. The number of rotatable bonds is 8. The minimum Gasteiger partial charge on any atom is -0.487 e. The van der Waals surface area contributed by atoms with E-state index in [1.165, 1.54) is 12.0 Å². The Morgan fingerprint density at radius 1 is 1.00 bits per heavy atom. The maximum atomic E-state index is 11.8. The molecule has 0 saturated heterocycles. The fraction of sp³-hybridized carbons (Fsp3) is 0.115. The quantitative estimate of drug-likeness (QED) is 0.141. The molecule has 3 aromatic carbocycles. The predicted octanol–water partition coefficient (Wildman–Crippen LogP) is 4.01. The lowest BCUT2D eigenvalue weighted by Gasteiger charge is -2.16. The molecule has 7 heteroatoms. The maximum Gasteiger partial charge on any atom is 0.160 e. The van der Waals surface area contributed by atoms with Gasteiger partial charge in [0.15, 0.2) is 11.6 Å². The van der Waals surface area contributed by atoms with E-state index in [1.54, 1.807) is 12.1 Å². The SMILES string of the molecule is CC(=O)c1ccccc1CN(N)/N=C(\N)c1cccc(OCc2ccc3ccccc3n2)c1. The predicted molar refractivity (Wildman–Crippen MR) is 129 cm³/mol. The molecule has 4 aromatic rings. The number of pyridine rings is 1. The number of hydrogen-bond acceptors (Lipinski definition) is 6. The average Bonchev–Trinajstić information content (AvgIpc) is 2.83. The number of fused-ring (bicyclic) bond motifs is 1. The number of hydrogen-bond donors (Lipinski definition) is 2. The van der Waals surface area contributed by atoms with Gasteiger partial charge in [-0.3, -0.25) is 4.79 Å². The molecule has 0 atom stereocenters. The molecular weight excluding hydrogens is 414 g/mol. The lowest BCUT2D eigenvalue weighted by molar-refractivity contribution is 0.101. The largest absolute Gasteiger partial charge is 0.487 e. The third kappa shape index (κ3) is 5.53. The number of Topliss-reactive ketones (excluding diaryl/α,β-unsaturated/α-hetero) is 1. The molecule has 0 amide bonds. The first-order chi connectivity index (χ1) is 16.0. The zero-order valence-corrected chi connectivity index (χ0v) is 18.3. The number of amidine groups is 1. The molecule has 7 nitrogen and oxygen atoms in total. The molecule has 1 aromatic heterocycles. The summed E-state index contributed by atoms with van der Waals surface area (Å²) in [4.78, 5) is 16.4. The van der Waals surface area contributed by atoms with E-state index in [9.17, 15) is 4.79 Å². The van der Waals surface area contributed by atoms with Gasteiger partial charge in [0.2, 0.25) is 0 Å². The topological polar surface area (TPSA) is 107 Å². The minimum absolute atomic E-state index is 0.0262. The van der Waals surface area contributed by atoms with Crippen LogP contribution in [0.25, 0.3) is 10.9 Å². The standard InChI is InChI=1S/C26H25N5O2/c1-18(32)24-11-4-2-8-21(24)16-31(28)30-26(27)20-9-6-10-23(15-20)33-17-22-14-13-19-7-3-5-12-25(19)29-22/h2-15H,16-17,28H2,1H3,(H2,27,30). The number of nitrogens with two attached hydrogens (primary N) is 2. The van der Waals surface area contributed by atoms with Crippen LogP contribution in [0.1, 0.15) is 34.1 Å². The van der Waals surface area contributed by atoms with Crippen LogP contribution in [0.3, 0.4) is 0 Å². The summed E-state index contributed by atoms with van der Waals surface area (Å²) in [5.74, 6) is 6.91. The number of carbonyl (C=O) groups excluding carboxylic acids is 1. The van der Waals surface area contributed by atoms with Crippen LogP contribution in [0, 0.1) is 0 Å².